The Morgan fingerprint density at radius 1 is 1.26 bits per heavy atom. The Kier molecular flexibility index (Phi) is 4.40. The minimum atomic E-state index is -0.702. The number of benzene rings is 2. The fourth-order valence-corrected chi connectivity index (χ4v) is 1.86. The molecule has 100 valence electrons. The standard InChI is InChI=1S/C15H14ClFO2/c1-10(18)11-6-7-15(14(17)8-11)19-9-12-4-2-3-5-13(12)16/h2-8,10,18H,9H2,1H3. The maximum absolute atomic E-state index is 13.7. The van der Waals surface area contributed by atoms with Crippen molar-refractivity contribution in [1.29, 1.82) is 0 Å². The molecule has 1 unspecified atom stereocenters. The van der Waals surface area contributed by atoms with Crippen LogP contribution in [0.15, 0.2) is 42.5 Å². The topological polar surface area (TPSA) is 29.5 Å². The molecule has 0 saturated heterocycles. The lowest BCUT2D eigenvalue weighted by Gasteiger charge is -2.10. The van der Waals surface area contributed by atoms with Gasteiger partial charge in [0.15, 0.2) is 11.6 Å². The van der Waals surface area contributed by atoms with Crippen molar-refractivity contribution in [1.82, 2.24) is 0 Å². The summed E-state index contributed by atoms with van der Waals surface area (Å²) in [6.45, 7) is 1.78. The van der Waals surface area contributed by atoms with Crippen molar-refractivity contribution >= 4 is 11.6 Å². The molecule has 2 nitrogen and oxygen atoms in total. The van der Waals surface area contributed by atoms with Crippen LogP contribution in [0, 0.1) is 5.82 Å². The van der Waals surface area contributed by atoms with Crippen LogP contribution in [0.5, 0.6) is 5.75 Å². The molecule has 2 rings (SSSR count). The van der Waals surface area contributed by atoms with E-state index in [9.17, 15) is 9.50 Å². The molecule has 0 aliphatic carbocycles. The Hall–Kier alpha value is -1.58. The van der Waals surface area contributed by atoms with Gasteiger partial charge in [-0.05, 0) is 30.7 Å². The zero-order chi connectivity index (χ0) is 13.8. The minimum absolute atomic E-state index is 0.143. The first kappa shape index (κ1) is 13.8. The quantitative estimate of drug-likeness (QED) is 0.913. The molecule has 19 heavy (non-hydrogen) atoms. The van der Waals surface area contributed by atoms with E-state index in [2.05, 4.69) is 0 Å². The van der Waals surface area contributed by atoms with Crippen LogP contribution in [-0.4, -0.2) is 5.11 Å². The predicted molar refractivity (Wildman–Crippen MR) is 72.8 cm³/mol. The van der Waals surface area contributed by atoms with E-state index in [0.29, 0.717) is 10.6 Å². The van der Waals surface area contributed by atoms with Crippen LogP contribution in [0.2, 0.25) is 5.02 Å². The highest BCUT2D eigenvalue weighted by Gasteiger charge is 2.08. The maximum Gasteiger partial charge on any atom is 0.165 e. The maximum atomic E-state index is 13.7. The normalized spacial score (nSPS) is 12.2. The molecule has 0 spiro atoms. The van der Waals surface area contributed by atoms with Gasteiger partial charge in [-0.3, -0.25) is 0 Å². The molecule has 2 aromatic carbocycles. The number of aliphatic hydroxyl groups is 1. The zero-order valence-corrected chi connectivity index (χ0v) is 11.2. The van der Waals surface area contributed by atoms with Crippen LogP contribution in [0.25, 0.3) is 0 Å². The highest BCUT2D eigenvalue weighted by atomic mass is 35.5. The van der Waals surface area contributed by atoms with Gasteiger partial charge in [-0.2, -0.15) is 0 Å². The van der Waals surface area contributed by atoms with Gasteiger partial charge in [-0.25, -0.2) is 4.39 Å². The predicted octanol–water partition coefficient (Wildman–Crippen LogP) is 4.11. The summed E-state index contributed by atoms with van der Waals surface area (Å²) >= 11 is 5.99. The number of hydrogen-bond donors (Lipinski definition) is 1. The molecule has 0 fully saturated rings. The molecule has 0 amide bonds. The van der Waals surface area contributed by atoms with Crippen molar-refractivity contribution in [3.05, 3.63) is 64.4 Å². The van der Waals surface area contributed by atoms with E-state index >= 15 is 0 Å². The second-order valence-electron chi connectivity index (χ2n) is 4.25. The first-order valence-corrected chi connectivity index (χ1v) is 6.29. The lowest BCUT2D eigenvalue weighted by molar-refractivity contribution is 0.198. The third kappa shape index (κ3) is 3.46. The van der Waals surface area contributed by atoms with E-state index in [1.807, 2.05) is 18.2 Å². The van der Waals surface area contributed by atoms with Crippen LogP contribution in [0.4, 0.5) is 4.39 Å². The van der Waals surface area contributed by atoms with Gasteiger partial charge in [0.1, 0.15) is 6.61 Å². The van der Waals surface area contributed by atoms with Gasteiger partial charge in [-0.15, -0.1) is 0 Å². The van der Waals surface area contributed by atoms with E-state index < -0.39 is 11.9 Å². The molecular weight excluding hydrogens is 267 g/mol. The summed E-state index contributed by atoms with van der Waals surface area (Å²) < 4.78 is 19.1. The summed E-state index contributed by atoms with van der Waals surface area (Å²) in [4.78, 5) is 0. The van der Waals surface area contributed by atoms with Crippen molar-refractivity contribution < 1.29 is 14.2 Å². The van der Waals surface area contributed by atoms with Gasteiger partial charge in [0.2, 0.25) is 0 Å². The smallest absolute Gasteiger partial charge is 0.165 e. The van der Waals surface area contributed by atoms with Gasteiger partial charge in [-0.1, -0.05) is 35.9 Å². The summed E-state index contributed by atoms with van der Waals surface area (Å²) in [6, 6.07) is 11.7. The van der Waals surface area contributed by atoms with E-state index in [0.717, 1.165) is 5.56 Å². The summed E-state index contributed by atoms with van der Waals surface area (Å²) in [5.41, 5.74) is 1.31. The van der Waals surface area contributed by atoms with E-state index in [-0.39, 0.29) is 12.4 Å². The molecule has 0 aromatic heterocycles. The van der Waals surface area contributed by atoms with Crippen LogP contribution >= 0.6 is 11.6 Å². The van der Waals surface area contributed by atoms with Crippen molar-refractivity contribution in [3.63, 3.8) is 0 Å². The Balaban J connectivity index is 2.10. The van der Waals surface area contributed by atoms with Gasteiger partial charge in [0, 0.05) is 10.6 Å². The number of aliphatic hydroxyl groups excluding tert-OH is 1. The van der Waals surface area contributed by atoms with Crippen molar-refractivity contribution in [2.24, 2.45) is 0 Å². The first-order chi connectivity index (χ1) is 9.08. The number of hydrogen-bond acceptors (Lipinski definition) is 2. The fraction of sp³-hybridized carbons (Fsp3) is 0.200. The largest absolute Gasteiger partial charge is 0.486 e. The number of rotatable bonds is 4. The molecule has 4 heteroatoms. The van der Waals surface area contributed by atoms with Gasteiger partial charge in [0.25, 0.3) is 0 Å². The summed E-state index contributed by atoms with van der Waals surface area (Å²) in [5.74, 6) is -0.352. The van der Waals surface area contributed by atoms with Gasteiger partial charge in [0.05, 0.1) is 6.10 Å². The zero-order valence-electron chi connectivity index (χ0n) is 10.4. The van der Waals surface area contributed by atoms with Crippen LogP contribution in [0.1, 0.15) is 24.2 Å². The van der Waals surface area contributed by atoms with Crippen LogP contribution in [-0.2, 0) is 6.61 Å². The summed E-state index contributed by atoms with van der Waals surface area (Å²) in [5, 5.41) is 9.94. The van der Waals surface area contributed by atoms with Gasteiger partial charge >= 0.3 is 0 Å². The number of halogens is 2. The fourth-order valence-electron chi connectivity index (χ4n) is 1.66. The molecule has 0 radical (unpaired) electrons. The molecular formula is C15H14ClFO2. The van der Waals surface area contributed by atoms with Crippen LogP contribution in [0.3, 0.4) is 0 Å². The second kappa shape index (κ2) is 6.04. The SMILES string of the molecule is CC(O)c1ccc(OCc2ccccc2Cl)c(F)c1. The van der Waals surface area contributed by atoms with Crippen molar-refractivity contribution in [3.8, 4) is 5.75 Å². The minimum Gasteiger partial charge on any atom is -0.486 e. The average molecular weight is 281 g/mol. The Morgan fingerprint density at radius 2 is 2.00 bits per heavy atom. The lowest BCUT2D eigenvalue weighted by atomic mass is 10.1. The average Bonchev–Trinajstić information content (AvgIpc) is 2.39. The summed E-state index contributed by atoms with van der Waals surface area (Å²) in [7, 11) is 0. The highest BCUT2D eigenvalue weighted by Crippen LogP contribution is 2.24. The van der Waals surface area contributed by atoms with E-state index in [1.165, 1.54) is 12.1 Å². The van der Waals surface area contributed by atoms with E-state index in [4.69, 9.17) is 16.3 Å². The molecule has 0 aliphatic heterocycles. The third-order valence-electron chi connectivity index (χ3n) is 2.78. The highest BCUT2D eigenvalue weighted by molar-refractivity contribution is 6.31. The van der Waals surface area contributed by atoms with E-state index in [1.54, 1.807) is 19.1 Å². The molecule has 0 heterocycles. The first-order valence-electron chi connectivity index (χ1n) is 5.91. The molecule has 0 bridgehead atoms. The summed E-state index contributed by atoms with van der Waals surface area (Å²) in [6.07, 6.45) is -0.702. The molecule has 2 aromatic rings. The van der Waals surface area contributed by atoms with Crippen molar-refractivity contribution in [2.45, 2.75) is 19.6 Å². The lowest BCUT2D eigenvalue weighted by Crippen LogP contribution is -1.99. The molecule has 0 saturated carbocycles. The van der Waals surface area contributed by atoms with Crippen molar-refractivity contribution in [2.75, 3.05) is 0 Å². The van der Waals surface area contributed by atoms with Gasteiger partial charge < -0.3 is 9.84 Å². The molecule has 0 aliphatic rings. The molecule has 1 atom stereocenters. The number of ether oxygens (including phenoxy) is 1. The Morgan fingerprint density at radius 3 is 2.63 bits per heavy atom. The van der Waals surface area contributed by atoms with Crippen LogP contribution < -0.4 is 4.74 Å². The Bertz CT molecular complexity index is 570. The molecule has 1 N–H and O–H groups in total. The monoisotopic (exact) mass is 280 g/mol. The Labute approximate surface area is 116 Å². The third-order valence-corrected chi connectivity index (χ3v) is 3.15. The second-order valence-corrected chi connectivity index (χ2v) is 4.65.